The Morgan fingerprint density at radius 3 is 2.95 bits per heavy atom. The van der Waals surface area contributed by atoms with E-state index in [1.165, 1.54) is 5.56 Å². The van der Waals surface area contributed by atoms with Gasteiger partial charge in [0.1, 0.15) is 5.82 Å². The van der Waals surface area contributed by atoms with Crippen LogP contribution >= 0.6 is 15.9 Å². The number of benzene rings is 1. The van der Waals surface area contributed by atoms with E-state index in [1.807, 2.05) is 41.1 Å². The number of rotatable bonds is 2. The molecule has 5 heteroatoms. The third-order valence-corrected chi connectivity index (χ3v) is 3.94. The zero-order chi connectivity index (χ0) is 14.2. The number of aromatic nitrogens is 4. The molecule has 1 aromatic carbocycles. The van der Waals surface area contributed by atoms with E-state index in [1.54, 1.807) is 0 Å². The molecule has 0 unspecified atom stereocenters. The Morgan fingerprint density at radius 2 is 2.00 bits per heavy atom. The second-order valence-corrected chi connectivity index (χ2v) is 5.81. The molecule has 4 aromatic rings. The van der Waals surface area contributed by atoms with Gasteiger partial charge in [-0.1, -0.05) is 12.1 Å². The van der Waals surface area contributed by atoms with Crippen molar-refractivity contribution >= 4 is 32.5 Å². The van der Waals surface area contributed by atoms with Gasteiger partial charge in [0.2, 0.25) is 0 Å². The zero-order valence-corrected chi connectivity index (χ0v) is 12.7. The van der Waals surface area contributed by atoms with Gasteiger partial charge in [0, 0.05) is 28.7 Å². The smallest absolute Gasteiger partial charge is 0.160 e. The lowest BCUT2D eigenvalue weighted by Gasteiger charge is -2.03. The molecular weight excluding hydrogens is 328 g/mol. The van der Waals surface area contributed by atoms with Crippen LogP contribution in [-0.4, -0.2) is 19.6 Å². The zero-order valence-electron chi connectivity index (χ0n) is 11.1. The fourth-order valence-electron chi connectivity index (χ4n) is 2.45. The third-order valence-electron chi connectivity index (χ3n) is 3.47. The van der Waals surface area contributed by atoms with Crippen molar-refractivity contribution in [2.75, 3.05) is 0 Å². The van der Waals surface area contributed by atoms with Crippen LogP contribution in [0, 0.1) is 0 Å². The van der Waals surface area contributed by atoms with Crippen molar-refractivity contribution in [3.05, 3.63) is 70.7 Å². The van der Waals surface area contributed by atoms with Gasteiger partial charge in [-0.15, -0.1) is 10.2 Å². The molecule has 0 atom stereocenters. The van der Waals surface area contributed by atoms with Gasteiger partial charge in [0.25, 0.3) is 0 Å². The van der Waals surface area contributed by atoms with Gasteiger partial charge in [-0.2, -0.15) is 0 Å². The van der Waals surface area contributed by atoms with Crippen molar-refractivity contribution in [3.8, 4) is 0 Å². The van der Waals surface area contributed by atoms with E-state index in [2.05, 4.69) is 49.3 Å². The van der Waals surface area contributed by atoms with Crippen molar-refractivity contribution < 1.29 is 0 Å². The number of hydrogen-bond donors (Lipinski definition) is 0. The van der Waals surface area contributed by atoms with E-state index in [4.69, 9.17) is 0 Å². The lowest BCUT2D eigenvalue weighted by Crippen LogP contribution is -1.96. The fraction of sp³-hybridized carbons (Fsp3) is 0.0625. The van der Waals surface area contributed by atoms with Gasteiger partial charge in [0.05, 0.1) is 5.52 Å². The Balaban J connectivity index is 1.77. The number of fused-ring (bicyclic) bond motifs is 2. The van der Waals surface area contributed by atoms with Crippen molar-refractivity contribution in [3.63, 3.8) is 0 Å². The predicted molar refractivity (Wildman–Crippen MR) is 85.2 cm³/mol. The van der Waals surface area contributed by atoms with Crippen molar-refractivity contribution in [2.45, 2.75) is 6.42 Å². The van der Waals surface area contributed by atoms with E-state index in [0.717, 1.165) is 33.3 Å². The molecule has 3 aromatic heterocycles. The molecule has 0 fully saturated rings. The quantitative estimate of drug-likeness (QED) is 0.560. The Morgan fingerprint density at radius 1 is 1.05 bits per heavy atom. The first kappa shape index (κ1) is 12.5. The third kappa shape index (κ3) is 2.29. The maximum atomic E-state index is 4.34. The van der Waals surface area contributed by atoms with Crippen molar-refractivity contribution in [2.24, 2.45) is 0 Å². The topological polar surface area (TPSA) is 43.1 Å². The highest BCUT2D eigenvalue weighted by atomic mass is 79.9. The summed E-state index contributed by atoms with van der Waals surface area (Å²) in [7, 11) is 0. The van der Waals surface area contributed by atoms with E-state index < -0.39 is 0 Å². The van der Waals surface area contributed by atoms with Gasteiger partial charge in [-0.05, 0) is 51.8 Å². The summed E-state index contributed by atoms with van der Waals surface area (Å²) < 4.78 is 3.02. The minimum atomic E-state index is 0.739. The summed E-state index contributed by atoms with van der Waals surface area (Å²) in [6.45, 7) is 0. The van der Waals surface area contributed by atoms with Crippen LogP contribution in [0.3, 0.4) is 0 Å². The number of pyridine rings is 2. The Bertz CT molecular complexity index is 945. The lowest BCUT2D eigenvalue weighted by molar-refractivity contribution is 0.934. The first-order chi connectivity index (χ1) is 10.3. The molecule has 0 saturated heterocycles. The van der Waals surface area contributed by atoms with Crippen LogP contribution in [-0.2, 0) is 6.42 Å². The molecule has 0 amide bonds. The highest BCUT2D eigenvalue weighted by Crippen LogP contribution is 2.17. The molecule has 0 radical (unpaired) electrons. The summed E-state index contributed by atoms with van der Waals surface area (Å²) in [5, 5.41) is 9.63. The predicted octanol–water partition coefficient (Wildman–Crippen LogP) is 3.63. The fourth-order valence-corrected chi connectivity index (χ4v) is 2.79. The Hall–Kier alpha value is -2.27. The van der Waals surface area contributed by atoms with E-state index in [0.29, 0.717) is 0 Å². The molecule has 0 N–H and O–H groups in total. The normalized spacial score (nSPS) is 11.3. The summed E-state index contributed by atoms with van der Waals surface area (Å²) in [5.41, 5.74) is 3.07. The lowest BCUT2D eigenvalue weighted by atomic mass is 10.1. The molecule has 4 rings (SSSR count). The number of nitrogens with zero attached hydrogens (tertiary/aromatic N) is 4. The Kier molecular flexibility index (Phi) is 2.93. The first-order valence-electron chi connectivity index (χ1n) is 6.62. The molecule has 21 heavy (non-hydrogen) atoms. The van der Waals surface area contributed by atoms with Crippen molar-refractivity contribution in [1.82, 2.24) is 19.6 Å². The minimum Gasteiger partial charge on any atom is -0.285 e. The molecule has 0 aliphatic carbocycles. The molecule has 102 valence electrons. The van der Waals surface area contributed by atoms with Crippen LogP contribution < -0.4 is 0 Å². The maximum Gasteiger partial charge on any atom is 0.160 e. The SMILES string of the molecule is Brc1ccc2nnc(Cc3ccc4ncccc4c3)n2c1. The van der Waals surface area contributed by atoms with E-state index >= 15 is 0 Å². The molecule has 0 aliphatic rings. The monoisotopic (exact) mass is 338 g/mol. The van der Waals surface area contributed by atoms with E-state index in [9.17, 15) is 0 Å². The van der Waals surface area contributed by atoms with Crippen LogP contribution in [0.1, 0.15) is 11.4 Å². The minimum absolute atomic E-state index is 0.739. The largest absolute Gasteiger partial charge is 0.285 e. The molecule has 0 bridgehead atoms. The van der Waals surface area contributed by atoms with Crippen LogP contribution in [0.4, 0.5) is 0 Å². The van der Waals surface area contributed by atoms with Gasteiger partial charge >= 0.3 is 0 Å². The summed E-state index contributed by atoms with van der Waals surface area (Å²) in [6.07, 6.45) is 4.54. The second-order valence-electron chi connectivity index (χ2n) is 4.90. The van der Waals surface area contributed by atoms with Gasteiger partial charge < -0.3 is 0 Å². The van der Waals surface area contributed by atoms with Gasteiger partial charge in [-0.3, -0.25) is 9.38 Å². The second kappa shape index (κ2) is 4.93. The first-order valence-corrected chi connectivity index (χ1v) is 7.42. The highest BCUT2D eigenvalue weighted by Gasteiger charge is 2.07. The standard InChI is InChI=1S/C16H11BrN4/c17-13-4-6-15-19-20-16(21(15)10-13)9-11-3-5-14-12(8-11)2-1-7-18-14/h1-8,10H,9H2. The van der Waals surface area contributed by atoms with Crippen LogP contribution in [0.2, 0.25) is 0 Å². The summed E-state index contributed by atoms with van der Waals surface area (Å²) in [5.74, 6) is 0.926. The molecule has 3 heterocycles. The average Bonchev–Trinajstić information content (AvgIpc) is 2.89. The number of hydrogen-bond acceptors (Lipinski definition) is 3. The maximum absolute atomic E-state index is 4.34. The molecule has 0 spiro atoms. The van der Waals surface area contributed by atoms with Gasteiger partial charge in [0.15, 0.2) is 5.65 Å². The summed E-state index contributed by atoms with van der Waals surface area (Å²) >= 11 is 3.48. The van der Waals surface area contributed by atoms with Gasteiger partial charge in [-0.25, -0.2) is 0 Å². The Labute approximate surface area is 129 Å². The molecule has 4 nitrogen and oxygen atoms in total. The number of halogens is 1. The van der Waals surface area contributed by atoms with Crippen LogP contribution in [0.5, 0.6) is 0 Å². The van der Waals surface area contributed by atoms with Crippen LogP contribution in [0.25, 0.3) is 16.6 Å². The molecular formula is C16H11BrN4. The summed E-state index contributed by atoms with van der Waals surface area (Å²) in [4.78, 5) is 4.34. The van der Waals surface area contributed by atoms with Crippen molar-refractivity contribution in [1.29, 1.82) is 0 Å². The molecule has 0 saturated carbocycles. The molecule has 0 aliphatic heterocycles. The van der Waals surface area contributed by atoms with E-state index in [-0.39, 0.29) is 0 Å². The van der Waals surface area contributed by atoms with Crippen LogP contribution in [0.15, 0.2) is 59.3 Å². The highest BCUT2D eigenvalue weighted by molar-refractivity contribution is 9.10. The average molecular weight is 339 g/mol. The summed E-state index contributed by atoms with van der Waals surface area (Å²) in [6, 6.07) is 14.2.